The van der Waals surface area contributed by atoms with Crippen molar-refractivity contribution >= 4 is 10.0 Å². The third-order valence-electron chi connectivity index (χ3n) is 4.32. The maximum atomic E-state index is 12.6. The Bertz CT molecular complexity index is 984. The molecule has 3 aromatic rings. The average Bonchev–Trinajstić information content (AvgIpc) is 2.67. The lowest BCUT2D eigenvalue weighted by molar-refractivity contribution is 0.208. The first-order valence-electron chi connectivity index (χ1n) is 8.79. The molecule has 3 rings (SSSR count). The van der Waals surface area contributed by atoms with Gasteiger partial charge in [-0.15, -0.1) is 0 Å². The SMILES string of the molecule is Cc1ccc(S(=O)(=O)NC[C@@H](Oc2ccccc2C)c2ccccc2)cc1. The van der Waals surface area contributed by atoms with Gasteiger partial charge in [0, 0.05) is 0 Å². The van der Waals surface area contributed by atoms with E-state index in [1.54, 1.807) is 24.3 Å². The lowest BCUT2D eigenvalue weighted by atomic mass is 10.1. The van der Waals surface area contributed by atoms with E-state index in [0.717, 1.165) is 22.4 Å². The van der Waals surface area contributed by atoms with Crippen molar-refractivity contribution in [1.82, 2.24) is 4.72 Å². The molecule has 0 aliphatic heterocycles. The zero-order valence-corrected chi connectivity index (χ0v) is 16.2. The first-order valence-corrected chi connectivity index (χ1v) is 10.3. The number of hydrogen-bond acceptors (Lipinski definition) is 3. The molecule has 27 heavy (non-hydrogen) atoms. The predicted octanol–water partition coefficient (Wildman–Crippen LogP) is 4.40. The molecule has 0 aromatic heterocycles. The van der Waals surface area contributed by atoms with Gasteiger partial charge in [-0.3, -0.25) is 0 Å². The van der Waals surface area contributed by atoms with E-state index in [4.69, 9.17) is 4.74 Å². The van der Waals surface area contributed by atoms with Crippen LogP contribution in [0.3, 0.4) is 0 Å². The molecule has 0 amide bonds. The van der Waals surface area contributed by atoms with Crippen LogP contribution in [0.2, 0.25) is 0 Å². The largest absolute Gasteiger partial charge is 0.484 e. The van der Waals surface area contributed by atoms with E-state index < -0.39 is 16.1 Å². The van der Waals surface area contributed by atoms with Crippen molar-refractivity contribution in [1.29, 1.82) is 0 Å². The first kappa shape index (κ1) is 19.1. The summed E-state index contributed by atoms with van der Waals surface area (Å²) in [4.78, 5) is 0.246. The van der Waals surface area contributed by atoms with Gasteiger partial charge in [0.25, 0.3) is 0 Å². The van der Waals surface area contributed by atoms with Crippen molar-refractivity contribution in [2.45, 2.75) is 24.8 Å². The number of aryl methyl sites for hydroxylation is 2. The fourth-order valence-electron chi connectivity index (χ4n) is 2.72. The Balaban J connectivity index is 1.81. The van der Waals surface area contributed by atoms with Crippen LogP contribution >= 0.6 is 0 Å². The average molecular weight is 381 g/mol. The van der Waals surface area contributed by atoms with Crippen LogP contribution in [0.25, 0.3) is 0 Å². The van der Waals surface area contributed by atoms with E-state index in [2.05, 4.69) is 4.72 Å². The lowest BCUT2D eigenvalue weighted by Crippen LogP contribution is -2.30. The normalized spacial score (nSPS) is 12.5. The number of nitrogens with one attached hydrogen (secondary N) is 1. The molecule has 0 aliphatic rings. The van der Waals surface area contributed by atoms with Gasteiger partial charge in [0.1, 0.15) is 11.9 Å². The molecule has 0 radical (unpaired) electrons. The lowest BCUT2D eigenvalue weighted by Gasteiger charge is -2.21. The second-order valence-corrected chi connectivity index (χ2v) is 8.21. The molecule has 1 atom stereocenters. The van der Waals surface area contributed by atoms with E-state index in [1.807, 2.05) is 68.4 Å². The summed E-state index contributed by atoms with van der Waals surface area (Å²) in [6.45, 7) is 4.02. The van der Waals surface area contributed by atoms with Gasteiger partial charge in [0.05, 0.1) is 11.4 Å². The monoisotopic (exact) mass is 381 g/mol. The van der Waals surface area contributed by atoms with Crippen molar-refractivity contribution in [3.8, 4) is 5.75 Å². The molecule has 0 spiro atoms. The Morgan fingerprint density at radius 3 is 2.15 bits per heavy atom. The van der Waals surface area contributed by atoms with Crippen LogP contribution in [-0.2, 0) is 10.0 Å². The molecule has 140 valence electrons. The number of benzene rings is 3. The van der Waals surface area contributed by atoms with Gasteiger partial charge in [-0.2, -0.15) is 0 Å². The molecular weight excluding hydrogens is 358 g/mol. The zero-order valence-electron chi connectivity index (χ0n) is 15.4. The van der Waals surface area contributed by atoms with Crippen molar-refractivity contribution in [3.63, 3.8) is 0 Å². The van der Waals surface area contributed by atoms with Crippen LogP contribution in [0.5, 0.6) is 5.75 Å². The Labute approximate surface area is 160 Å². The van der Waals surface area contributed by atoms with Gasteiger partial charge in [-0.05, 0) is 43.2 Å². The molecule has 0 fully saturated rings. The quantitative estimate of drug-likeness (QED) is 0.660. The summed E-state index contributed by atoms with van der Waals surface area (Å²) in [6, 6.07) is 24.1. The highest BCUT2D eigenvalue weighted by molar-refractivity contribution is 7.89. The van der Waals surface area contributed by atoms with E-state index in [1.165, 1.54) is 0 Å². The zero-order chi connectivity index (χ0) is 19.3. The number of ether oxygens (including phenoxy) is 1. The van der Waals surface area contributed by atoms with Gasteiger partial charge < -0.3 is 4.74 Å². The van der Waals surface area contributed by atoms with E-state index in [0.29, 0.717) is 0 Å². The Morgan fingerprint density at radius 1 is 0.852 bits per heavy atom. The van der Waals surface area contributed by atoms with E-state index >= 15 is 0 Å². The molecular formula is C22H23NO3S. The standard InChI is InChI=1S/C22H23NO3S/c1-17-12-14-20(15-13-17)27(24,25)23-16-22(19-9-4-3-5-10-19)26-21-11-7-6-8-18(21)2/h3-15,22-23H,16H2,1-2H3/t22-/m1/s1. The molecule has 0 heterocycles. The van der Waals surface area contributed by atoms with Crippen molar-refractivity contribution < 1.29 is 13.2 Å². The molecule has 0 bridgehead atoms. The summed E-state index contributed by atoms with van der Waals surface area (Å²) in [7, 11) is -3.61. The van der Waals surface area contributed by atoms with Crippen LogP contribution in [0.15, 0.2) is 83.8 Å². The van der Waals surface area contributed by atoms with Crippen LogP contribution in [0, 0.1) is 13.8 Å². The second kappa shape index (κ2) is 8.37. The summed E-state index contributed by atoms with van der Waals surface area (Å²) >= 11 is 0. The minimum Gasteiger partial charge on any atom is -0.484 e. The fourth-order valence-corrected chi connectivity index (χ4v) is 3.76. The summed E-state index contributed by atoms with van der Waals surface area (Å²) in [5, 5.41) is 0. The minimum atomic E-state index is -3.61. The summed E-state index contributed by atoms with van der Waals surface area (Å²) < 4.78 is 34.1. The maximum absolute atomic E-state index is 12.6. The summed E-state index contributed by atoms with van der Waals surface area (Å²) in [6.07, 6.45) is -0.437. The second-order valence-electron chi connectivity index (χ2n) is 6.45. The highest BCUT2D eigenvalue weighted by Crippen LogP contribution is 2.25. The number of sulfonamides is 1. The van der Waals surface area contributed by atoms with Gasteiger partial charge in [0.15, 0.2) is 0 Å². The van der Waals surface area contributed by atoms with Crippen molar-refractivity contribution in [2.75, 3.05) is 6.54 Å². The summed E-state index contributed by atoms with van der Waals surface area (Å²) in [5.41, 5.74) is 2.92. The number of para-hydroxylation sites is 1. The van der Waals surface area contributed by atoms with E-state index in [-0.39, 0.29) is 11.4 Å². The van der Waals surface area contributed by atoms with Crippen LogP contribution in [-0.4, -0.2) is 15.0 Å². The van der Waals surface area contributed by atoms with Gasteiger partial charge in [0.2, 0.25) is 10.0 Å². The molecule has 3 aromatic carbocycles. The van der Waals surface area contributed by atoms with Crippen molar-refractivity contribution in [3.05, 3.63) is 95.6 Å². The molecule has 0 saturated heterocycles. The van der Waals surface area contributed by atoms with Crippen LogP contribution in [0.4, 0.5) is 0 Å². The van der Waals surface area contributed by atoms with Gasteiger partial charge in [-0.25, -0.2) is 13.1 Å². The third kappa shape index (κ3) is 4.96. The van der Waals surface area contributed by atoms with Crippen molar-refractivity contribution in [2.24, 2.45) is 0 Å². The molecule has 1 N–H and O–H groups in total. The Morgan fingerprint density at radius 2 is 1.48 bits per heavy atom. The smallest absolute Gasteiger partial charge is 0.240 e. The third-order valence-corrected chi connectivity index (χ3v) is 5.76. The van der Waals surface area contributed by atoms with Gasteiger partial charge >= 0.3 is 0 Å². The maximum Gasteiger partial charge on any atom is 0.240 e. The number of hydrogen-bond donors (Lipinski definition) is 1. The Hall–Kier alpha value is -2.63. The molecule has 4 nitrogen and oxygen atoms in total. The molecule has 5 heteroatoms. The van der Waals surface area contributed by atoms with Crippen LogP contribution in [0.1, 0.15) is 22.8 Å². The Kier molecular flexibility index (Phi) is 5.94. The van der Waals surface area contributed by atoms with Gasteiger partial charge in [-0.1, -0.05) is 66.2 Å². The molecule has 0 saturated carbocycles. The highest BCUT2D eigenvalue weighted by atomic mass is 32.2. The topological polar surface area (TPSA) is 55.4 Å². The fraction of sp³-hybridized carbons (Fsp3) is 0.182. The minimum absolute atomic E-state index is 0.133. The summed E-state index contributed by atoms with van der Waals surface area (Å²) in [5.74, 6) is 0.737. The number of rotatable bonds is 7. The highest BCUT2D eigenvalue weighted by Gasteiger charge is 2.20. The predicted molar refractivity (Wildman–Crippen MR) is 107 cm³/mol. The van der Waals surface area contributed by atoms with E-state index in [9.17, 15) is 8.42 Å². The molecule has 0 unspecified atom stereocenters. The first-order chi connectivity index (χ1) is 13.0. The molecule has 0 aliphatic carbocycles. The van der Waals surface area contributed by atoms with Crippen LogP contribution < -0.4 is 9.46 Å².